The van der Waals surface area contributed by atoms with E-state index in [9.17, 15) is 9.90 Å². The molecule has 3 rings (SSSR count). The fourth-order valence-electron chi connectivity index (χ4n) is 3.64. The predicted molar refractivity (Wildman–Crippen MR) is 93.4 cm³/mol. The molecule has 2 heterocycles. The maximum Gasteiger partial charge on any atom is 0.246 e. The maximum atomic E-state index is 12.8. The predicted octanol–water partition coefficient (Wildman–Crippen LogP) is 1.92. The Balaban J connectivity index is 1.65. The molecule has 0 unspecified atom stereocenters. The van der Waals surface area contributed by atoms with Crippen LogP contribution < -0.4 is 5.32 Å². The summed E-state index contributed by atoms with van der Waals surface area (Å²) in [6, 6.07) is 2.07. The first-order valence-corrected chi connectivity index (χ1v) is 9.09. The van der Waals surface area contributed by atoms with Crippen LogP contribution in [0.2, 0.25) is 0 Å². The Hall–Kier alpha value is -1.44. The Bertz CT molecular complexity index is 598. The third-order valence-corrected chi connectivity index (χ3v) is 6.08. The molecule has 1 aliphatic carbocycles. The summed E-state index contributed by atoms with van der Waals surface area (Å²) in [5.74, 6) is 0.212. The van der Waals surface area contributed by atoms with Gasteiger partial charge >= 0.3 is 0 Å². The third kappa shape index (κ3) is 3.45. The Morgan fingerprint density at radius 2 is 2.12 bits per heavy atom. The van der Waals surface area contributed by atoms with Crippen molar-refractivity contribution in [2.75, 3.05) is 32.2 Å². The fourth-order valence-corrected chi connectivity index (χ4v) is 3.64. The number of aliphatic hydroxyl groups is 1. The Kier molecular flexibility index (Phi) is 5.18. The van der Waals surface area contributed by atoms with Crippen molar-refractivity contribution in [1.29, 1.82) is 0 Å². The van der Waals surface area contributed by atoms with Gasteiger partial charge in [-0.3, -0.25) is 15.0 Å². The van der Waals surface area contributed by atoms with Gasteiger partial charge in [-0.05, 0) is 46.6 Å². The summed E-state index contributed by atoms with van der Waals surface area (Å²) < 4.78 is 10.7. The van der Waals surface area contributed by atoms with E-state index < -0.39 is 5.54 Å². The maximum absolute atomic E-state index is 12.8. The van der Waals surface area contributed by atoms with Crippen LogP contribution in [0.5, 0.6) is 0 Å². The number of aromatic nitrogens is 1. The van der Waals surface area contributed by atoms with Crippen LogP contribution in [0.25, 0.3) is 0 Å². The van der Waals surface area contributed by atoms with E-state index in [2.05, 4.69) is 15.4 Å². The van der Waals surface area contributed by atoms with E-state index in [1.807, 2.05) is 20.9 Å². The molecule has 1 aromatic heterocycles. The molecule has 0 aromatic carbocycles. The van der Waals surface area contributed by atoms with Crippen LogP contribution in [-0.4, -0.2) is 59.5 Å². The minimum atomic E-state index is -0.680. The molecule has 1 amide bonds. The lowest BCUT2D eigenvalue weighted by Crippen LogP contribution is -2.55. The van der Waals surface area contributed by atoms with Crippen molar-refractivity contribution in [3.8, 4) is 0 Å². The summed E-state index contributed by atoms with van der Waals surface area (Å²) in [6.07, 6.45) is 4.75. The zero-order valence-electron chi connectivity index (χ0n) is 15.4. The van der Waals surface area contributed by atoms with Gasteiger partial charge in [0.15, 0.2) is 0 Å². The molecule has 2 aliphatic rings. The molecule has 140 valence electrons. The minimum Gasteiger partial charge on any atom is -0.395 e. The van der Waals surface area contributed by atoms with Gasteiger partial charge in [-0.1, -0.05) is 11.6 Å². The summed E-state index contributed by atoms with van der Waals surface area (Å²) in [5.41, 5.74) is -0.242. The summed E-state index contributed by atoms with van der Waals surface area (Å²) in [7, 11) is 1.98. The zero-order chi connectivity index (χ0) is 18.1. The Morgan fingerprint density at radius 1 is 1.44 bits per heavy atom. The number of rotatable bonds is 6. The van der Waals surface area contributed by atoms with Gasteiger partial charge in [0.25, 0.3) is 0 Å². The lowest BCUT2D eigenvalue weighted by Gasteiger charge is -2.41. The molecular formula is C18H29N3O4. The minimum absolute atomic E-state index is 0.0604. The van der Waals surface area contributed by atoms with E-state index in [0.717, 1.165) is 51.0 Å². The van der Waals surface area contributed by atoms with Crippen LogP contribution in [0.1, 0.15) is 51.6 Å². The van der Waals surface area contributed by atoms with Crippen molar-refractivity contribution < 1.29 is 19.2 Å². The van der Waals surface area contributed by atoms with Gasteiger partial charge in [-0.25, -0.2) is 0 Å². The third-order valence-electron chi connectivity index (χ3n) is 6.08. The molecule has 1 saturated carbocycles. The van der Waals surface area contributed by atoms with Crippen LogP contribution in [0.3, 0.4) is 0 Å². The van der Waals surface area contributed by atoms with Crippen LogP contribution in [-0.2, 0) is 14.9 Å². The lowest BCUT2D eigenvalue weighted by molar-refractivity contribution is -0.128. The second-order valence-corrected chi connectivity index (χ2v) is 7.84. The van der Waals surface area contributed by atoms with Crippen LogP contribution >= 0.6 is 0 Å². The average Bonchev–Trinajstić information content (AvgIpc) is 3.03. The van der Waals surface area contributed by atoms with E-state index in [4.69, 9.17) is 9.26 Å². The summed E-state index contributed by atoms with van der Waals surface area (Å²) in [5, 5.41) is 16.6. The number of likely N-dealkylation sites (N-methyl/N-ethyl adjacent to an activating group) is 1. The van der Waals surface area contributed by atoms with Crippen molar-refractivity contribution in [3.63, 3.8) is 0 Å². The first kappa shape index (κ1) is 18.4. The zero-order valence-corrected chi connectivity index (χ0v) is 15.4. The van der Waals surface area contributed by atoms with Gasteiger partial charge in [0.1, 0.15) is 0 Å². The van der Waals surface area contributed by atoms with E-state index in [1.54, 1.807) is 6.07 Å². The summed E-state index contributed by atoms with van der Waals surface area (Å²) >= 11 is 0. The summed E-state index contributed by atoms with van der Waals surface area (Å²) in [4.78, 5) is 14.9. The number of aliphatic hydroxyl groups excluding tert-OH is 1. The number of ether oxygens (including phenoxy) is 1. The van der Waals surface area contributed by atoms with Gasteiger partial charge in [-0.15, -0.1) is 0 Å². The van der Waals surface area contributed by atoms with E-state index >= 15 is 0 Å². The molecule has 0 spiro atoms. The number of carbonyl (C=O) groups excluding carboxylic acids is 1. The Morgan fingerprint density at radius 3 is 2.68 bits per heavy atom. The smallest absolute Gasteiger partial charge is 0.246 e. The van der Waals surface area contributed by atoms with Crippen molar-refractivity contribution in [3.05, 3.63) is 11.8 Å². The Labute approximate surface area is 148 Å². The fraction of sp³-hybridized carbons (Fsp3) is 0.778. The van der Waals surface area contributed by atoms with Gasteiger partial charge < -0.3 is 14.4 Å². The number of amides is 1. The van der Waals surface area contributed by atoms with Crippen LogP contribution in [0, 0.1) is 0 Å². The SMILES string of the molecule is CN(C1CCOCC1)C(C)(C)C(=O)Nc1cc(C2(CO)CCC2)no1. The van der Waals surface area contributed by atoms with Crippen molar-refractivity contribution in [2.45, 2.75) is 62.9 Å². The van der Waals surface area contributed by atoms with E-state index in [-0.39, 0.29) is 17.9 Å². The summed E-state index contributed by atoms with van der Waals surface area (Å²) in [6.45, 7) is 5.36. The topological polar surface area (TPSA) is 87.8 Å². The highest BCUT2D eigenvalue weighted by molar-refractivity contribution is 5.96. The number of hydrogen-bond donors (Lipinski definition) is 2. The largest absolute Gasteiger partial charge is 0.395 e. The van der Waals surface area contributed by atoms with Crippen molar-refractivity contribution in [2.24, 2.45) is 0 Å². The number of hydrogen-bond acceptors (Lipinski definition) is 6. The first-order chi connectivity index (χ1) is 11.9. The molecule has 2 N–H and O–H groups in total. The molecule has 1 aromatic rings. The number of nitrogens with one attached hydrogen (secondary N) is 1. The average molecular weight is 351 g/mol. The highest BCUT2D eigenvalue weighted by Gasteiger charge is 2.42. The van der Waals surface area contributed by atoms with E-state index in [0.29, 0.717) is 11.9 Å². The molecule has 0 atom stereocenters. The molecule has 0 radical (unpaired) electrons. The molecule has 1 saturated heterocycles. The highest BCUT2D eigenvalue weighted by atomic mass is 16.5. The van der Waals surface area contributed by atoms with Crippen LogP contribution in [0.4, 0.5) is 5.88 Å². The molecule has 7 heteroatoms. The number of carbonyl (C=O) groups is 1. The van der Waals surface area contributed by atoms with Crippen molar-refractivity contribution >= 4 is 11.8 Å². The standard InChI is InChI=1S/C18H29N3O4/c1-17(2,21(3)13-5-9-24-10-6-13)16(23)19-15-11-14(20-25-15)18(12-22)7-4-8-18/h11,13,22H,4-10,12H2,1-3H3,(H,19,23). The quantitative estimate of drug-likeness (QED) is 0.814. The van der Waals surface area contributed by atoms with Crippen LogP contribution in [0.15, 0.2) is 10.6 Å². The monoisotopic (exact) mass is 351 g/mol. The van der Waals surface area contributed by atoms with E-state index in [1.165, 1.54) is 0 Å². The van der Waals surface area contributed by atoms with Gasteiger partial charge in [-0.2, -0.15) is 0 Å². The second kappa shape index (κ2) is 7.05. The second-order valence-electron chi connectivity index (χ2n) is 7.84. The molecular weight excluding hydrogens is 322 g/mol. The molecule has 0 bridgehead atoms. The molecule has 7 nitrogen and oxygen atoms in total. The van der Waals surface area contributed by atoms with Gasteiger partial charge in [0.05, 0.1) is 17.8 Å². The molecule has 25 heavy (non-hydrogen) atoms. The number of nitrogens with zero attached hydrogens (tertiary/aromatic N) is 2. The lowest BCUT2D eigenvalue weighted by atomic mass is 9.67. The van der Waals surface area contributed by atoms with Gasteiger partial charge in [0.2, 0.25) is 11.8 Å². The molecule has 2 fully saturated rings. The number of anilines is 1. The molecule has 1 aliphatic heterocycles. The highest BCUT2D eigenvalue weighted by Crippen LogP contribution is 2.43. The normalized spacial score (nSPS) is 21.2. The first-order valence-electron chi connectivity index (χ1n) is 9.09. The van der Waals surface area contributed by atoms with Gasteiger partial charge in [0, 0.05) is 30.7 Å². The van der Waals surface area contributed by atoms with Crippen molar-refractivity contribution in [1.82, 2.24) is 10.1 Å².